The summed E-state index contributed by atoms with van der Waals surface area (Å²) in [6, 6.07) is 18.8. The highest BCUT2D eigenvalue weighted by atomic mass is 35.5. The van der Waals surface area contributed by atoms with Crippen molar-refractivity contribution in [3.8, 4) is 0 Å². The Morgan fingerprint density at radius 1 is 0.879 bits per heavy atom. The predicted molar refractivity (Wildman–Crippen MR) is 130 cm³/mol. The third-order valence-electron chi connectivity index (χ3n) is 4.62. The van der Waals surface area contributed by atoms with E-state index in [0.717, 1.165) is 0 Å². The van der Waals surface area contributed by atoms with Crippen molar-refractivity contribution in [2.75, 3.05) is 16.6 Å². The Labute approximate surface area is 198 Å². The molecule has 0 aliphatic carbocycles. The van der Waals surface area contributed by atoms with E-state index in [2.05, 4.69) is 15.4 Å². The van der Waals surface area contributed by atoms with E-state index in [-0.39, 0.29) is 33.0 Å². The smallest absolute Gasteiger partial charge is 0.261 e. The van der Waals surface area contributed by atoms with Crippen molar-refractivity contribution in [1.82, 2.24) is 5.32 Å². The topological polar surface area (TPSA) is 104 Å². The molecule has 3 aromatic rings. The van der Waals surface area contributed by atoms with Crippen LogP contribution in [0.1, 0.15) is 34.6 Å². The summed E-state index contributed by atoms with van der Waals surface area (Å²) in [5.74, 6) is -0.488. The summed E-state index contributed by atoms with van der Waals surface area (Å²) in [5.41, 5.74) is 1.05. The number of nitrogens with one attached hydrogen (secondary N) is 3. The number of halogens is 1. The number of carbonyl (C=O) groups excluding carboxylic acids is 2. The molecule has 0 radical (unpaired) electrons. The predicted octanol–water partition coefficient (Wildman–Crippen LogP) is 4.78. The SMILES string of the molecule is CC(C)CNC(=O)c1ccccc1NC(=O)c1ccc(NS(=O)(=O)c2ccccc2)c(Cl)c1. The van der Waals surface area contributed by atoms with Gasteiger partial charge in [-0.05, 0) is 48.4 Å². The molecule has 0 aliphatic rings. The quantitative estimate of drug-likeness (QED) is 0.427. The van der Waals surface area contributed by atoms with Crippen LogP contribution in [0, 0.1) is 5.92 Å². The van der Waals surface area contributed by atoms with Crippen molar-refractivity contribution in [2.24, 2.45) is 5.92 Å². The normalized spacial score (nSPS) is 11.2. The third kappa shape index (κ3) is 6.34. The fourth-order valence-corrected chi connectivity index (χ4v) is 4.30. The standard InChI is InChI=1S/C24H24ClN3O4S/c1-16(2)15-26-24(30)19-10-6-7-11-21(19)27-23(29)17-12-13-22(20(25)14-17)28-33(31,32)18-8-4-3-5-9-18/h3-14,16,28H,15H2,1-2H3,(H,26,30)(H,27,29). The van der Waals surface area contributed by atoms with Gasteiger partial charge >= 0.3 is 0 Å². The number of carbonyl (C=O) groups is 2. The number of sulfonamides is 1. The van der Waals surface area contributed by atoms with E-state index in [0.29, 0.717) is 17.8 Å². The minimum absolute atomic E-state index is 0.0603. The maximum atomic E-state index is 12.8. The molecule has 0 heterocycles. The highest BCUT2D eigenvalue weighted by Crippen LogP contribution is 2.26. The average molecular weight is 486 g/mol. The number of amides is 2. The minimum atomic E-state index is -3.82. The molecule has 0 unspecified atom stereocenters. The van der Waals surface area contributed by atoms with Crippen molar-refractivity contribution < 1.29 is 18.0 Å². The number of para-hydroxylation sites is 1. The van der Waals surface area contributed by atoms with Crippen molar-refractivity contribution in [3.05, 3.63) is 88.9 Å². The lowest BCUT2D eigenvalue weighted by molar-refractivity contribution is 0.0950. The second-order valence-electron chi connectivity index (χ2n) is 7.72. The summed E-state index contributed by atoms with van der Waals surface area (Å²) in [6.07, 6.45) is 0. The van der Waals surface area contributed by atoms with E-state index >= 15 is 0 Å². The van der Waals surface area contributed by atoms with Crippen LogP contribution >= 0.6 is 11.6 Å². The molecule has 3 aromatic carbocycles. The van der Waals surface area contributed by atoms with Crippen molar-refractivity contribution in [2.45, 2.75) is 18.7 Å². The largest absolute Gasteiger partial charge is 0.352 e. The summed E-state index contributed by atoms with van der Waals surface area (Å²) >= 11 is 6.25. The van der Waals surface area contributed by atoms with Crippen LogP contribution in [0.5, 0.6) is 0 Å². The van der Waals surface area contributed by atoms with E-state index < -0.39 is 15.9 Å². The van der Waals surface area contributed by atoms with Gasteiger partial charge in [0.15, 0.2) is 0 Å². The fraction of sp³-hybridized carbons (Fsp3) is 0.167. The molecule has 33 heavy (non-hydrogen) atoms. The number of anilines is 2. The second-order valence-corrected chi connectivity index (χ2v) is 9.81. The molecular weight excluding hydrogens is 462 g/mol. The summed E-state index contributed by atoms with van der Waals surface area (Å²) < 4.78 is 27.5. The van der Waals surface area contributed by atoms with Gasteiger partial charge in [0.2, 0.25) is 0 Å². The zero-order valence-electron chi connectivity index (χ0n) is 18.1. The Kier molecular flexibility index (Phi) is 7.73. The molecule has 0 spiro atoms. The van der Waals surface area contributed by atoms with E-state index in [1.54, 1.807) is 42.5 Å². The molecule has 0 aliphatic heterocycles. The minimum Gasteiger partial charge on any atom is -0.352 e. The molecule has 3 N–H and O–H groups in total. The lowest BCUT2D eigenvalue weighted by Gasteiger charge is -2.13. The summed E-state index contributed by atoms with van der Waals surface area (Å²) in [5, 5.41) is 5.61. The Balaban J connectivity index is 1.76. The van der Waals surface area contributed by atoms with Gasteiger partial charge in [0.1, 0.15) is 0 Å². The maximum absolute atomic E-state index is 12.8. The Morgan fingerprint density at radius 2 is 1.55 bits per heavy atom. The lowest BCUT2D eigenvalue weighted by atomic mass is 10.1. The summed E-state index contributed by atoms with van der Waals surface area (Å²) in [7, 11) is -3.82. The van der Waals surface area contributed by atoms with E-state index in [4.69, 9.17) is 11.6 Å². The van der Waals surface area contributed by atoms with Crippen molar-refractivity contribution in [3.63, 3.8) is 0 Å². The fourth-order valence-electron chi connectivity index (χ4n) is 2.92. The van der Waals surface area contributed by atoms with Gasteiger partial charge in [-0.3, -0.25) is 14.3 Å². The highest BCUT2D eigenvalue weighted by Gasteiger charge is 2.18. The van der Waals surface area contributed by atoms with Gasteiger partial charge in [0.05, 0.1) is 26.9 Å². The first-order valence-electron chi connectivity index (χ1n) is 10.2. The molecule has 2 amide bonds. The molecule has 0 saturated heterocycles. The molecule has 0 atom stereocenters. The molecule has 0 bridgehead atoms. The van der Waals surface area contributed by atoms with Crippen LogP contribution in [-0.2, 0) is 10.0 Å². The first kappa shape index (κ1) is 24.3. The van der Waals surface area contributed by atoms with Crippen LogP contribution < -0.4 is 15.4 Å². The second kappa shape index (κ2) is 10.5. The van der Waals surface area contributed by atoms with E-state index in [1.807, 2.05) is 13.8 Å². The van der Waals surface area contributed by atoms with Crippen molar-refractivity contribution >= 4 is 44.8 Å². The third-order valence-corrected chi connectivity index (χ3v) is 6.31. The van der Waals surface area contributed by atoms with Crippen LogP contribution in [0.4, 0.5) is 11.4 Å². The molecule has 0 fully saturated rings. The molecular formula is C24H24ClN3O4S. The van der Waals surface area contributed by atoms with Crippen LogP contribution in [0.2, 0.25) is 5.02 Å². The van der Waals surface area contributed by atoms with Gasteiger partial charge in [-0.15, -0.1) is 0 Å². The number of hydrogen-bond donors (Lipinski definition) is 3. The van der Waals surface area contributed by atoms with Gasteiger partial charge in [-0.1, -0.05) is 55.8 Å². The van der Waals surface area contributed by atoms with Crippen LogP contribution in [0.3, 0.4) is 0 Å². The Morgan fingerprint density at radius 3 is 2.21 bits per heavy atom. The Hall–Kier alpha value is -3.36. The monoisotopic (exact) mass is 485 g/mol. The van der Waals surface area contributed by atoms with Gasteiger partial charge in [0, 0.05) is 12.1 Å². The molecule has 3 rings (SSSR count). The van der Waals surface area contributed by atoms with Crippen LogP contribution in [0.25, 0.3) is 0 Å². The first-order chi connectivity index (χ1) is 15.7. The van der Waals surface area contributed by atoms with Gasteiger partial charge in [-0.25, -0.2) is 8.42 Å². The number of hydrogen-bond acceptors (Lipinski definition) is 4. The van der Waals surface area contributed by atoms with E-state index in [1.165, 1.54) is 30.3 Å². The first-order valence-corrected chi connectivity index (χ1v) is 12.1. The number of rotatable bonds is 8. The summed E-state index contributed by atoms with van der Waals surface area (Å²) in [6.45, 7) is 4.49. The average Bonchev–Trinajstić information content (AvgIpc) is 2.79. The highest BCUT2D eigenvalue weighted by molar-refractivity contribution is 7.92. The lowest BCUT2D eigenvalue weighted by Crippen LogP contribution is -2.28. The molecule has 172 valence electrons. The molecule has 7 nitrogen and oxygen atoms in total. The maximum Gasteiger partial charge on any atom is 0.261 e. The summed E-state index contributed by atoms with van der Waals surface area (Å²) in [4.78, 5) is 25.4. The number of benzene rings is 3. The molecule has 0 aromatic heterocycles. The van der Waals surface area contributed by atoms with Crippen molar-refractivity contribution in [1.29, 1.82) is 0 Å². The molecule has 0 saturated carbocycles. The Bertz CT molecular complexity index is 1260. The van der Waals surface area contributed by atoms with Gasteiger partial charge in [0.25, 0.3) is 21.8 Å². The molecule has 9 heteroatoms. The zero-order chi connectivity index (χ0) is 24.0. The zero-order valence-corrected chi connectivity index (χ0v) is 19.7. The van der Waals surface area contributed by atoms with Crippen LogP contribution in [0.15, 0.2) is 77.7 Å². The van der Waals surface area contributed by atoms with Gasteiger partial charge in [-0.2, -0.15) is 0 Å². The van der Waals surface area contributed by atoms with Crippen LogP contribution in [-0.4, -0.2) is 26.8 Å². The van der Waals surface area contributed by atoms with E-state index in [9.17, 15) is 18.0 Å². The van der Waals surface area contributed by atoms with Gasteiger partial charge < -0.3 is 10.6 Å².